The van der Waals surface area contributed by atoms with E-state index in [0.717, 1.165) is 42.4 Å². The van der Waals surface area contributed by atoms with Gasteiger partial charge in [-0.3, -0.25) is 4.79 Å². The number of sulfonamides is 1. The van der Waals surface area contributed by atoms with E-state index < -0.39 is 15.9 Å². The van der Waals surface area contributed by atoms with E-state index >= 15 is 0 Å². The van der Waals surface area contributed by atoms with Crippen molar-refractivity contribution in [2.45, 2.75) is 43.7 Å². The van der Waals surface area contributed by atoms with E-state index in [1.54, 1.807) is 0 Å². The van der Waals surface area contributed by atoms with Crippen molar-refractivity contribution in [1.82, 2.24) is 24.4 Å². The number of benzene rings is 1. The highest BCUT2D eigenvalue weighted by atomic mass is 35.5. The molecule has 1 aliphatic heterocycles. The molecule has 0 saturated carbocycles. The van der Waals surface area contributed by atoms with Crippen molar-refractivity contribution in [3.63, 3.8) is 0 Å². The third kappa shape index (κ3) is 4.15. The highest BCUT2D eigenvalue weighted by Gasteiger charge is 2.21. The fraction of sp³-hybridized carbons (Fsp3) is 0.471. The Hall–Kier alpha value is -1.97. The highest BCUT2D eigenvalue weighted by Crippen LogP contribution is 2.22. The maximum absolute atomic E-state index is 12.6. The minimum atomic E-state index is -3.66. The number of aryl methyl sites for hydroxylation is 1. The largest absolute Gasteiger partial charge is 0.345 e. The Morgan fingerprint density at radius 3 is 2.78 bits per heavy atom. The van der Waals surface area contributed by atoms with Gasteiger partial charge in [-0.05, 0) is 31.0 Å². The van der Waals surface area contributed by atoms with Crippen molar-refractivity contribution in [1.29, 1.82) is 0 Å². The quantitative estimate of drug-likeness (QED) is 0.809. The molecule has 1 amide bonds. The molecule has 0 aliphatic carbocycles. The van der Waals surface area contributed by atoms with Gasteiger partial charge in [0.05, 0.1) is 22.0 Å². The van der Waals surface area contributed by atoms with Crippen LogP contribution in [-0.2, 0) is 29.5 Å². The first-order valence-corrected chi connectivity index (χ1v) is 10.5. The lowest BCUT2D eigenvalue weighted by Crippen LogP contribution is -2.26. The van der Waals surface area contributed by atoms with Crippen LogP contribution < -0.4 is 5.32 Å². The molecule has 0 radical (unpaired) electrons. The summed E-state index contributed by atoms with van der Waals surface area (Å²) in [6.45, 7) is 1.04. The Morgan fingerprint density at radius 1 is 1.26 bits per heavy atom. The zero-order valence-electron chi connectivity index (χ0n) is 15.3. The van der Waals surface area contributed by atoms with E-state index in [-0.39, 0.29) is 22.0 Å². The Bertz CT molecular complexity index is 955. The van der Waals surface area contributed by atoms with Crippen LogP contribution in [0.2, 0.25) is 5.02 Å². The van der Waals surface area contributed by atoms with Crippen molar-refractivity contribution < 1.29 is 13.2 Å². The van der Waals surface area contributed by atoms with Crippen molar-refractivity contribution >= 4 is 27.5 Å². The van der Waals surface area contributed by atoms with E-state index in [2.05, 4.69) is 15.5 Å². The van der Waals surface area contributed by atoms with Gasteiger partial charge in [0, 0.05) is 27.1 Å². The van der Waals surface area contributed by atoms with Crippen LogP contribution in [-0.4, -0.2) is 47.5 Å². The van der Waals surface area contributed by atoms with Crippen LogP contribution in [0.15, 0.2) is 23.1 Å². The molecule has 2 aromatic rings. The summed E-state index contributed by atoms with van der Waals surface area (Å²) < 4.78 is 27.7. The number of aromatic nitrogens is 3. The van der Waals surface area contributed by atoms with Crippen LogP contribution in [0.4, 0.5) is 0 Å². The number of fused-ring (bicyclic) bond motifs is 1. The molecule has 1 N–H and O–H groups in total. The highest BCUT2D eigenvalue weighted by molar-refractivity contribution is 7.89. The number of hydrogen-bond acceptors (Lipinski definition) is 5. The fourth-order valence-corrected chi connectivity index (χ4v) is 4.11. The van der Waals surface area contributed by atoms with Crippen LogP contribution in [0.1, 0.15) is 41.3 Å². The van der Waals surface area contributed by atoms with Gasteiger partial charge in [-0.1, -0.05) is 18.0 Å². The second kappa shape index (κ2) is 7.95. The summed E-state index contributed by atoms with van der Waals surface area (Å²) in [6, 6.07) is 4.08. The van der Waals surface area contributed by atoms with Crippen LogP contribution in [0, 0.1) is 0 Å². The topological polar surface area (TPSA) is 97.2 Å². The summed E-state index contributed by atoms with van der Waals surface area (Å²) >= 11 is 6.12. The van der Waals surface area contributed by atoms with Gasteiger partial charge >= 0.3 is 0 Å². The summed E-state index contributed by atoms with van der Waals surface area (Å²) in [7, 11) is -0.793. The molecule has 27 heavy (non-hydrogen) atoms. The van der Waals surface area contributed by atoms with E-state index in [1.165, 1.54) is 32.3 Å². The Kier molecular flexibility index (Phi) is 5.83. The molecule has 1 aromatic carbocycles. The standard InChI is InChI=1S/C17H22ClN5O3S/c1-22(2)27(25,26)12-7-8-14(18)13(10-12)17(24)19-11-16-21-20-15-6-4-3-5-9-23(15)16/h7-8,10H,3-6,9,11H2,1-2H3,(H,19,24). The third-order valence-corrected chi connectivity index (χ3v) is 6.69. The monoisotopic (exact) mass is 411 g/mol. The van der Waals surface area contributed by atoms with Crippen molar-refractivity contribution in [3.8, 4) is 0 Å². The molecule has 8 nitrogen and oxygen atoms in total. The second-order valence-electron chi connectivity index (χ2n) is 6.61. The third-order valence-electron chi connectivity index (χ3n) is 4.55. The molecule has 1 aromatic heterocycles. The zero-order valence-corrected chi connectivity index (χ0v) is 16.8. The van der Waals surface area contributed by atoms with Gasteiger partial charge in [0.15, 0.2) is 5.82 Å². The van der Waals surface area contributed by atoms with E-state index in [9.17, 15) is 13.2 Å². The predicted molar refractivity (Wildman–Crippen MR) is 101 cm³/mol. The minimum absolute atomic E-state index is 0.0124. The maximum Gasteiger partial charge on any atom is 0.253 e. The SMILES string of the molecule is CN(C)S(=O)(=O)c1ccc(Cl)c(C(=O)NCc2nnc3n2CCCCC3)c1. The van der Waals surface area contributed by atoms with E-state index in [0.29, 0.717) is 5.82 Å². The van der Waals surface area contributed by atoms with Crippen LogP contribution >= 0.6 is 11.6 Å². The number of nitrogens with one attached hydrogen (secondary N) is 1. The molecule has 10 heteroatoms. The first kappa shape index (κ1) is 19.8. The number of carbonyl (C=O) groups is 1. The lowest BCUT2D eigenvalue weighted by atomic mass is 10.2. The number of nitrogens with zero attached hydrogens (tertiary/aromatic N) is 4. The molecule has 2 heterocycles. The van der Waals surface area contributed by atoms with Gasteiger partial charge in [0.1, 0.15) is 5.82 Å². The second-order valence-corrected chi connectivity index (χ2v) is 9.17. The summed E-state index contributed by atoms with van der Waals surface area (Å²) in [5.41, 5.74) is 0.107. The molecule has 1 aliphatic rings. The Morgan fingerprint density at radius 2 is 2.04 bits per heavy atom. The number of hydrogen-bond donors (Lipinski definition) is 1. The molecule has 0 unspecified atom stereocenters. The van der Waals surface area contributed by atoms with Gasteiger partial charge in [-0.2, -0.15) is 0 Å². The van der Waals surface area contributed by atoms with E-state index in [1.807, 2.05) is 4.57 Å². The van der Waals surface area contributed by atoms with Crippen LogP contribution in [0.3, 0.4) is 0 Å². The maximum atomic E-state index is 12.6. The Balaban J connectivity index is 1.78. The van der Waals surface area contributed by atoms with Crippen LogP contribution in [0.25, 0.3) is 0 Å². The molecule has 0 atom stereocenters. The normalized spacial score (nSPS) is 14.7. The summed E-state index contributed by atoms with van der Waals surface area (Å²) in [5, 5.41) is 11.3. The lowest BCUT2D eigenvalue weighted by Gasteiger charge is -2.13. The van der Waals surface area contributed by atoms with Gasteiger partial charge in [0.2, 0.25) is 10.0 Å². The average Bonchev–Trinajstić information content (AvgIpc) is 2.85. The minimum Gasteiger partial charge on any atom is -0.345 e. The van der Waals surface area contributed by atoms with E-state index in [4.69, 9.17) is 11.6 Å². The molecular formula is C17H22ClN5O3S. The number of carbonyl (C=O) groups excluding carboxylic acids is 1. The molecule has 0 spiro atoms. The molecule has 3 rings (SSSR count). The van der Waals surface area contributed by atoms with Gasteiger partial charge in [0.25, 0.3) is 5.91 Å². The molecule has 0 bridgehead atoms. The number of amides is 1. The first-order chi connectivity index (χ1) is 12.8. The smallest absolute Gasteiger partial charge is 0.253 e. The summed E-state index contributed by atoms with van der Waals surface area (Å²) in [6.07, 6.45) is 4.19. The average molecular weight is 412 g/mol. The summed E-state index contributed by atoms with van der Waals surface area (Å²) in [5.74, 6) is 1.17. The van der Waals surface area contributed by atoms with Crippen molar-refractivity contribution in [3.05, 3.63) is 40.4 Å². The van der Waals surface area contributed by atoms with Crippen molar-refractivity contribution in [2.75, 3.05) is 14.1 Å². The number of rotatable bonds is 5. The molecule has 146 valence electrons. The lowest BCUT2D eigenvalue weighted by molar-refractivity contribution is 0.0949. The van der Waals surface area contributed by atoms with Gasteiger partial charge < -0.3 is 9.88 Å². The molecule has 0 saturated heterocycles. The molecule has 0 fully saturated rings. The zero-order chi connectivity index (χ0) is 19.6. The van der Waals surface area contributed by atoms with Gasteiger partial charge in [-0.25, -0.2) is 12.7 Å². The first-order valence-electron chi connectivity index (χ1n) is 8.72. The van der Waals surface area contributed by atoms with Gasteiger partial charge in [-0.15, -0.1) is 10.2 Å². The van der Waals surface area contributed by atoms with Crippen LogP contribution in [0.5, 0.6) is 0 Å². The fourth-order valence-electron chi connectivity index (χ4n) is 2.98. The summed E-state index contributed by atoms with van der Waals surface area (Å²) in [4.78, 5) is 12.6. The molecular weight excluding hydrogens is 390 g/mol. The number of halogens is 1. The Labute approximate surface area is 163 Å². The van der Waals surface area contributed by atoms with Crippen molar-refractivity contribution in [2.24, 2.45) is 0 Å². The predicted octanol–water partition coefficient (Wildman–Crippen LogP) is 1.84.